The van der Waals surface area contributed by atoms with E-state index >= 15 is 0 Å². The van der Waals surface area contributed by atoms with Gasteiger partial charge in [-0.05, 0) is 94.8 Å². The Kier molecular flexibility index (Phi) is 11.5. The van der Waals surface area contributed by atoms with E-state index in [1.165, 1.54) is 25.3 Å². The summed E-state index contributed by atoms with van der Waals surface area (Å²) >= 11 is 0. The molecule has 0 unspecified atom stereocenters. The predicted molar refractivity (Wildman–Crippen MR) is 207 cm³/mol. The molecule has 6 rings (SSSR count). The largest absolute Gasteiger partial charge is 0.496 e. The fraction of sp³-hybridized carbons (Fsp3) is 0.174. The lowest BCUT2D eigenvalue weighted by atomic mass is 10.00. The van der Waals surface area contributed by atoms with Crippen LogP contribution in [-0.4, -0.2) is 26.2 Å². The maximum atomic E-state index is 13.6. The van der Waals surface area contributed by atoms with Crippen LogP contribution in [0.1, 0.15) is 58.5 Å². The molecule has 262 valence electrons. The molecule has 0 aromatic heterocycles. The van der Waals surface area contributed by atoms with Gasteiger partial charge in [0.15, 0.2) is 0 Å². The van der Waals surface area contributed by atoms with E-state index in [1.807, 2.05) is 24.3 Å². The first-order valence-electron chi connectivity index (χ1n) is 17.6. The minimum Gasteiger partial charge on any atom is -0.496 e. The molecule has 6 nitrogen and oxygen atoms in total. The first-order valence-corrected chi connectivity index (χ1v) is 17.6. The Balaban J connectivity index is 1.26. The molecule has 0 bridgehead atoms. The van der Waals surface area contributed by atoms with Crippen molar-refractivity contribution in [3.05, 3.63) is 156 Å². The molecule has 0 saturated carbocycles. The summed E-state index contributed by atoms with van der Waals surface area (Å²) in [6, 6.07) is 41.9. The van der Waals surface area contributed by atoms with Crippen LogP contribution >= 0.6 is 0 Å². The number of rotatable bonds is 13. The summed E-state index contributed by atoms with van der Waals surface area (Å²) in [5, 5.41) is 0. The van der Waals surface area contributed by atoms with Crippen molar-refractivity contribution in [2.75, 3.05) is 14.2 Å². The Morgan fingerprint density at radius 1 is 0.423 bits per heavy atom. The second kappa shape index (κ2) is 16.7. The molecule has 0 amide bonds. The van der Waals surface area contributed by atoms with Crippen molar-refractivity contribution >= 4 is 11.9 Å². The molecule has 0 saturated heterocycles. The lowest BCUT2D eigenvalue weighted by Gasteiger charge is -2.19. The number of hydrogen-bond acceptors (Lipinski definition) is 6. The molecule has 0 aliphatic heterocycles. The molecule has 0 aliphatic rings. The van der Waals surface area contributed by atoms with Gasteiger partial charge in [-0.2, -0.15) is 0 Å². The summed E-state index contributed by atoms with van der Waals surface area (Å²) < 4.78 is 23.5. The Hall–Kier alpha value is -6.14. The predicted octanol–water partition coefficient (Wildman–Crippen LogP) is 11.0. The van der Waals surface area contributed by atoms with Gasteiger partial charge in [-0.15, -0.1) is 0 Å². The van der Waals surface area contributed by atoms with Crippen LogP contribution in [0.2, 0.25) is 0 Å². The average molecular weight is 691 g/mol. The molecular weight excluding hydrogens is 648 g/mol. The maximum absolute atomic E-state index is 13.6. The quantitative estimate of drug-likeness (QED) is 0.0887. The number of hydrogen-bond donors (Lipinski definition) is 0. The number of methoxy groups -OCH3 is 2. The summed E-state index contributed by atoms with van der Waals surface area (Å²) in [4.78, 5) is 27.1. The Morgan fingerprint density at radius 2 is 0.731 bits per heavy atom. The maximum Gasteiger partial charge on any atom is 0.343 e. The third-order valence-electron chi connectivity index (χ3n) is 8.96. The molecule has 6 heteroatoms. The lowest BCUT2D eigenvalue weighted by Crippen LogP contribution is -2.11. The zero-order valence-electron chi connectivity index (χ0n) is 30.0. The second-order valence-corrected chi connectivity index (χ2v) is 12.5. The van der Waals surface area contributed by atoms with Crippen molar-refractivity contribution in [3.63, 3.8) is 0 Å². The summed E-state index contributed by atoms with van der Waals surface area (Å²) in [6.07, 6.45) is 4.27. The number of carbonyl (C=O) groups excluding carboxylic acids is 2. The van der Waals surface area contributed by atoms with E-state index < -0.39 is 11.9 Å². The van der Waals surface area contributed by atoms with Gasteiger partial charge in [0, 0.05) is 0 Å². The highest BCUT2D eigenvalue weighted by Crippen LogP contribution is 2.48. The van der Waals surface area contributed by atoms with Crippen molar-refractivity contribution in [2.45, 2.75) is 39.5 Å². The van der Waals surface area contributed by atoms with Crippen molar-refractivity contribution in [1.29, 1.82) is 0 Å². The van der Waals surface area contributed by atoms with E-state index in [1.54, 1.807) is 60.7 Å². The number of carbonyl (C=O) groups is 2. The Bertz CT molecular complexity index is 1970. The van der Waals surface area contributed by atoms with Gasteiger partial charge < -0.3 is 18.9 Å². The molecule has 52 heavy (non-hydrogen) atoms. The van der Waals surface area contributed by atoms with Crippen molar-refractivity contribution in [1.82, 2.24) is 0 Å². The van der Waals surface area contributed by atoms with E-state index in [-0.39, 0.29) is 11.5 Å². The van der Waals surface area contributed by atoms with Crippen molar-refractivity contribution in [3.8, 4) is 56.4 Å². The minimum absolute atomic E-state index is 0.219. The number of benzene rings is 6. The van der Waals surface area contributed by atoms with Crippen LogP contribution in [0.3, 0.4) is 0 Å². The Labute approximate surface area is 305 Å². The minimum atomic E-state index is -0.548. The smallest absolute Gasteiger partial charge is 0.343 e. The molecule has 0 heterocycles. The topological polar surface area (TPSA) is 71.1 Å². The van der Waals surface area contributed by atoms with Gasteiger partial charge in [-0.3, -0.25) is 0 Å². The van der Waals surface area contributed by atoms with Crippen molar-refractivity contribution in [2.24, 2.45) is 0 Å². The Morgan fingerprint density at radius 3 is 1.04 bits per heavy atom. The second-order valence-electron chi connectivity index (χ2n) is 12.5. The summed E-state index contributed by atoms with van der Waals surface area (Å²) in [5.74, 6) is 0.152. The lowest BCUT2D eigenvalue weighted by molar-refractivity contribution is 0.0722. The van der Waals surface area contributed by atoms with E-state index in [0.717, 1.165) is 47.9 Å². The van der Waals surface area contributed by atoms with Crippen LogP contribution in [0.5, 0.6) is 23.0 Å². The summed E-state index contributed by atoms with van der Waals surface area (Å²) in [7, 11) is 3.05. The summed E-state index contributed by atoms with van der Waals surface area (Å²) in [5.41, 5.74) is 8.31. The van der Waals surface area contributed by atoms with Gasteiger partial charge in [0.05, 0.1) is 36.5 Å². The van der Waals surface area contributed by atoms with Gasteiger partial charge in [-0.25, -0.2) is 9.59 Å². The molecular formula is C46H42O6. The molecule has 6 aromatic rings. The van der Waals surface area contributed by atoms with E-state index in [2.05, 4.69) is 62.4 Å². The number of esters is 2. The van der Waals surface area contributed by atoms with Gasteiger partial charge >= 0.3 is 11.9 Å². The highest BCUT2D eigenvalue weighted by molar-refractivity contribution is 5.96. The standard InChI is InChI=1S/C46H42O6/c1-5-9-31-15-19-33(20-16-31)35-23-27-37(28-24-35)45(47)51-41-13-7-11-39(49-3)43(41)44-40(50-4)12-8-14-42(44)52-46(48)38-29-25-36(26-30-38)34-21-17-32(10-6-2)18-22-34/h7-8,11-30H,5-6,9-10H2,1-4H3. The van der Waals surface area contributed by atoms with Crippen LogP contribution < -0.4 is 18.9 Å². The van der Waals surface area contributed by atoms with Gasteiger partial charge in [0.2, 0.25) is 0 Å². The third-order valence-corrected chi connectivity index (χ3v) is 8.96. The fourth-order valence-electron chi connectivity index (χ4n) is 6.25. The van der Waals surface area contributed by atoms with Crippen LogP contribution in [0.15, 0.2) is 133 Å². The summed E-state index contributed by atoms with van der Waals surface area (Å²) in [6.45, 7) is 4.33. The van der Waals surface area contributed by atoms with Crippen LogP contribution in [-0.2, 0) is 12.8 Å². The van der Waals surface area contributed by atoms with Crippen LogP contribution in [0.4, 0.5) is 0 Å². The molecule has 0 atom stereocenters. The van der Waals surface area contributed by atoms with Gasteiger partial charge in [0.25, 0.3) is 0 Å². The molecule has 0 fully saturated rings. The first-order chi connectivity index (χ1) is 25.4. The molecule has 6 aromatic carbocycles. The van der Waals surface area contributed by atoms with E-state index in [9.17, 15) is 9.59 Å². The molecule has 0 N–H and O–H groups in total. The van der Waals surface area contributed by atoms with E-state index in [4.69, 9.17) is 18.9 Å². The number of aryl methyl sites for hydroxylation is 2. The van der Waals surface area contributed by atoms with E-state index in [0.29, 0.717) is 33.8 Å². The zero-order chi connectivity index (χ0) is 36.5. The van der Waals surface area contributed by atoms with Gasteiger partial charge in [0.1, 0.15) is 23.0 Å². The normalized spacial score (nSPS) is 10.8. The highest BCUT2D eigenvalue weighted by atomic mass is 16.5. The number of ether oxygens (including phenoxy) is 4. The fourth-order valence-corrected chi connectivity index (χ4v) is 6.25. The zero-order valence-corrected chi connectivity index (χ0v) is 30.0. The van der Waals surface area contributed by atoms with Crippen LogP contribution in [0, 0.1) is 0 Å². The van der Waals surface area contributed by atoms with Crippen molar-refractivity contribution < 1.29 is 28.5 Å². The van der Waals surface area contributed by atoms with Gasteiger partial charge in [-0.1, -0.05) is 112 Å². The SMILES string of the molecule is CCCc1ccc(-c2ccc(C(=O)Oc3cccc(OC)c3-c3c(OC)cccc3OC(=O)c3ccc(-c4ccc(CCC)cc4)cc3)cc2)cc1. The molecule has 0 aliphatic carbocycles. The monoisotopic (exact) mass is 690 g/mol. The van der Waals surface area contributed by atoms with Crippen LogP contribution in [0.25, 0.3) is 33.4 Å². The third kappa shape index (κ3) is 8.08. The highest BCUT2D eigenvalue weighted by Gasteiger charge is 2.25. The molecule has 0 radical (unpaired) electrons. The first kappa shape index (κ1) is 35.7. The average Bonchev–Trinajstić information content (AvgIpc) is 3.19. The molecule has 0 spiro atoms.